The highest BCUT2D eigenvalue weighted by Crippen LogP contribution is 2.40. The highest BCUT2D eigenvalue weighted by atomic mass is 28.4. The van der Waals surface area contributed by atoms with E-state index in [2.05, 4.69) is 48.9 Å². The molecule has 2 aromatic rings. The first kappa shape index (κ1) is 17.3. The van der Waals surface area contributed by atoms with Gasteiger partial charge in [0.05, 0.1) is 18.2 Å². The molecule has 1 unspecified atom stereocenters. The Morgan fingerprint density at radius 3 is 2.74 bits per heavy atom. The molecule has 1 N–H and O–H groups in total. The van der Waals surface area contributed by atoms with Gasteiger partial charge in [-0.1, -0.05) is 32.0 Å². The molecule has 0 amide bonds. The zero-order valence-electron chi connectivity index (χ0n) is 14.1. The van der Waals surface area contributed by atoms with Crippen molar-refractivity contribution in [2.45, 2.75) is 45.0 Å². The minimum Gasteiger partial charge on any atom is -0.410 e. The number of nitrogens with zero attached hydrogens (tertiary/aromatic N) is 3. The van der Waals surface area contributed by atoms with Crippen molar-refractivity contribution in [1.82, 2.24) is 4.98 Å². The summed E-state index contributed by atoms with van der Waals surface area (Å²) in [6, 6.07) is 5.39. The molecule has 0 spiro atoms. The Balaban J connectivity index is 2.39. The smallest absolute Gasteiger partial charge is 0.410 e. The van der Waals surface area contributed by atoms with E-state index in [1.54, 1.807) is 12.1 Å². The monoisotopic (exact) mass is 334 g/mol. The number of rotatable bonds is 5. The van der Waals surface area contributed by atoms with Gasteiger partial charge in [-0.2, -0.15) is 0 Å². The van der Waals surface area contributed by atoms with Crippen LogP contribution in [-0.2, 0) is 4.43 Å². The number of fused-ring (bicyclic) bond motifs is 1. The predicted molar refractivity (Wildman–Crippen MR) is 91.9 cm³/mol. The van der Waals surface area contributed by atoms with Crippen LogP contribution in [0.4, 0.5) is 0 Å². The first-order valence-electron chi connectivity index (χ1n) is 7.45. The Hall–Kier alpha value is -2.02. The van der Waals surface area contributed by atoms with Crippen molar-refractivity contribution in [2.75, 3.05) is 6.54 Å². The molecule has 0 aliphatic rings. The maximum Gasteiger partial charge on any atom is 0.417 e. The Bertz CT molecular complexity index is 797. The average molecular weight is 334 g/mol. The number of H-pyrrole nitrogens is 1. The van der Waals surface area contributed by atoms with E-state index in [1.165, 1.54) is 0 Å². The van der Waals surface area contributed by atoms with Gasteiger partial charge in [-0.05, 0) is 41.4 Å². The summed E-state index contributed by atoms with van der Waals surface area (Å²) in [5.74, 6) is -0.492. The molecule has 0 aliphatic heterocycles. The van der Waals surface area contributed by atoms with Gasteiger partial charge < -0.3 is 8.84 Å². The van der Waals surface area contributed by atoms with Crippen LogP contribution in [0.15, 0.2) is 32.5 Å². The summed E-state index contributed by atoms with van der Waals surface area (Å²) in [4.78, 5) is 16.7. The molecule has 2 rings (SSSR count). The standard InChI is InChI=1S/C15H22N4O3Si/c1-15(2,3)23(4,5)22-13(9-17-19-16)10-6-7-11-12(8-10)21-14(20)18-11/h6-8,13H,9H2,1-5H3,(H,18,20). The van der Waals surface area contributed by atoms with Crippen molar-refractivity contribution in [3.8, 4) is 0 Å². The van der Waals surface area contributed by atoms with Crippen molar-refractivity contribution >= 4 is 19.4 Å². The molecular formula is C15H22N4O3Si. The van der Waals surface area contributed by atoms with E-state index >= 15 is 0 Å². The van der Waals surface area contributed by atoms with Gasteiger partial charge in [-0.15, -0.1) is 0 Å². The lowest BCUT2D eigenvalue weighted by Gasteiger charge is -2.39. The number of nitrogens with one attached hydrogen (secondary N) is 1. The van der Waals surface area contributed by atoms with E-state index in [1.807, 2.05) is 6.07 Å². The second-order valence-corrected chi connectivity index (χ2v) is 11.8. The van der Waals surface area contributed by atoms with Crippen molar-refractivity contribution in [1.29, 1.82) is 0 Å². The quantitative estimate of drug-likeness (QED) is 0.377. The molecule has 1 aromatic carbocycles. The SMILES string of the molecule is CC(C)(C)[Si](C)(C)OC(CN=[N+]=[N-])c1ccc2[nH]c(=O)oc2c1. The zero-order valence-corrected chi connectivity index (χ0v) is 15.1. The van der Waals surface area contributed by atoms with Gasteiger partial charge in [-0.3, -0.25) is 4.98 Å². The lowest BCUT2D eigenvalue weighted by atomic mass is 10.1. The van der Waals surface area contributed by atoms with Gasteiger partial charge in [0, 0.05) is 4.91 Å². The van der Waals surface area contributed by atoms with Gasteiger partial charge >= 0.3 is 5.76 Å². The normalized spacial score (nSPS) is 13.8. The maximum absolute atomic E-state index is 11.3. The topological polar surface area (TPSA) is 104 Å². The fourth-order valence-electron chi connectivity index (χ4n) is 2.02. The molecule has 0 saturated carbocycles. The molecular weight excluding hydrogens is 312 g/mol. The summed E-state index contributed by atoms with van der Waals surface area (Å²) < 4.78 is 11.5. The molecule has 124 valence electrons. The van der Waals surface area contributed by atoms with Crippen LogP contribution in [0.3, 0.4) is 0 Å². The molecule has 0 saturated heterocycles. The molecule has 1 aromatic heterocycles. The molecule has 0 aliphatic carbocycles. The summed E-state index contributed by atoms with van der Waals surface area (Å²) in [6.07, 6.45) is -0.364. The van der Waals surface area contributed by atoms with Crippen LogP contribution < -0.4 is 5.76 Å². The van der Waals surface area contributed by atoms with Crippen LogP contribution >= 0.6 is 0 Å². The molecule has 7 nitrogen and oxygen atoms in total. The maximum atomic E-state index is 11.3. The third-order valence-electron chi connectivity index (χ3n) is 4.37. The Morgan fingerprint density at radius 2 is 2.13 bits per heavy atom. The van der Waals surface area contributed by atoms with E-state index in [0.717, 1.165) is 5.56 Å². The number of oxazole rings is 1. The van der Waals surface area contributed by atoms with Gasteiger partial charge in [0.15, 0.2) is 13.9 Å². The third kappa shape index (κ3) is 3.84. The summed E-state index contributed by atoms with van der Waals surface area (Å²) >= 11 is 0. The van der Waals surface area contributed by atoms with Gasteiger partial charge in [-0.25, -0.2) is 4.79 Å². The number of aromatic amines is 1. The van der Waals surface area contributed by atoms with Gasteiger partial charge in [0.25, 0.3) is 0 Å². The van der Waals surface area contributed by atoms with Crippen LogP contribution in [0.1, 0.15) is 32.4 Å². The van der Waals surface area contributed by atoms with Crippen LogP contribution in [0.25, 0.3) is 21.5 Å². The summed E-state index contributed by atoms with van der Waals surface area (Å²) in [7, 11) is -2.05. The van der Waals surface area contributed by atoms with Crippen LogP contribution in [0.5, 0.6) is 0 Å². The largest absolute Gasteiger partial charge is 0.417 e. The Kier molecular flexibility index (Phi) is 4.70. The summed E-state index contributed by atoms with van der Waals surface area (Å²) in [6.45, 7) is 10.9. The van der Waals surface area contributed by atoms with E-state index < -0.39 is 14.1 Å². The first-order chi connectivity index (χ1) is 10.6. The zero-order chi connectivity index (χ0) is 17.3. The Labute approximate surface area is 135 Å². The van der Waals surface area contributed by atoms with Crippen molar-refractivity contribution in [3.05, 3.63) is 44.8 Å². The first-order valence-corrected chi connectivity index (χ1v) is 10.4. The second kappa shape index (κ2) is 6.23. The average Bonchev–Trinajstić information content (AvgIpc) is 2.81. The van der Waals surface area contributed by atoms with E-state index in [0.29, 0.717) is 11.1 Å². The lowest BCUT2D eigenvalue weighted by Crippen LogP contribution is -2.42. The molecule has 0 radical (unpaired) electrons. The van der Waals surface area contributed by atoms with Crippen molar-refractivity contribution in [3.63, 3.8) is 0 Å². The third-order valence-corrected chi connectivity index (χ3v) is 8.86. The molecule has 8 heteroatoms. The number of benzene rings is 1. The molecule has 1 heterocycles. The van der Waals surface area contributed by atoms with Crippen molar-refractivity contribution in [2.24, 2.45) is 5.11 Å². The Morgan fingerprint density at radius 1 is 1.43 bits per heavy atom. The summed E-state index contributed by atoms with van der Waals surface area (Å²) in [5.41, 5.74) is 10.6. The highest BCUT2D eigenvalue weighted by Gasteiger charge is 2.39. The van der Waals surface area contributed by atoms with E-state index in [4.69, 9.17) is 14.4 Å². The lowest BCUT2D eigenvalue weighted by molar-refractivity contribution is 0.191. The predicted octanol–water partition coefficient (Wildman–Crippen LogP) is 4.49. The summed E-state index contributed by atoms with van der Waals surface area (Å²) in [5, 5.41) is 3.71. The minimum atomic E-state index is -2.05. The van der Waals surface area contributed by atoms with Crippen molar-refractivity contribution < 1.29 is 8.84 Å². The fraction of sp³-hybridized carbons (Fsp3) is 0.533. The van der Waals surface area contributed by atoms with E-state index in [9.17, 15) is 4.79 Å². The van der Waals surface area contributed by atoms with Crippen LogP contribution in [-0.4, -0.2) is 19.8 Å². The molecule has 1 atom stereocenters. The second-order valence-electron chi connectivity index (χ2n) is 7.05. The molecule has 0 fully saturated rings. The number of azide groups is 1. The number of hydrogen-bond donors (Lipinski definition) is 1. The number of hydrogen-bond acceptors (Lipinski definition) is 4. The fourth-order valence-corrected chi connectivity index (χ4v) is 3.29. The minimum absolute atomic E-state index is 0.0341. The van der Waals surface area contributed by atoms with Gasteiger partial charge in [0.2, 0.25) is 0 Å². The number of aromatic nitrogens is 1. The van der Waals surface area contributed by atoms with Crippen LogP contribution in [0, 0.1) is 0 Å². The van der Waals surface area contributed by atoms with E-state index in [-0.39, 0.29) is 17.7 Å². The molecule has 23 heavy (non-hydrogen) atoms. The van der Waals surface area contributed by atoms with Crippen LogP contribution in [0.2, 0.25) is 18.1 Å². The van der Waals surface area contributed by atoms with Gasteiger partial charge in [0.1, 0.15) is 0 Å². The molecule has 0 bridgehead atoms. The highest BCUT2D eigenvalue weighted by molar-refractivity contribution is 6.74.